The Morgan fingerprint density at radius 3 is 1.94 bits per heavy atom. The van der Waals surface area contributed by atoms with Crippen LogP contribution in [0.1, 0.15) is 28.8 Å². The number of nitrogens with zero attached hydrogens (tertiary/aromatic N) is 1. The van der Waals surface area contributed by atoms with Gasteiger partial charge in [0.05, 0.1) is 0 Å². The molecule has 36 heavy (non-hydrogen) atoms. The van der Waals surface area contributed by atoms with Crippen LogP contribution in [0.5, 0.6) is 0 Å². The maximum atomic E-state index is 13.5. The summed E-state index contributed by atoms with van der Waals surface area (Å²) < 4.78 is 27.0. The first-order valence-corrected chi connectivity index (χ1v) is 12.3. The molecule has 1 aliphatic heterocycles. The molecule has 1 saturated heterocycles. The fraction of sp³-hybridized carbons (Fsp3) is 0.194. The van der Waals surface area contributed by atoms with E-state index in [2.05, 4.69) is 34.5 Å². The van der Waals surface area contributed by atoms with Gasteiger partial charge in [0.2, 0.25) is 0 Å². The molecule has 5 heteroatoms. The number of benzene rings is 4. The SMILES string of the molecule is O=C(NC[C@@H]1CCCN1Cc1ccccc1)c1cc(-c2ccc(F)cc2)cc(-c2ccc(F)cc2)c1. The van der Waals surface area contributed by atoms with Crippen LogP contribution in [-0.4, -0.2) is 29.9 Å². The highest BCUT2D eigenvalue weighted by Gasteiger charge is 2.25. The van der Waals surface area contributed by atoms with Gasteiger partial charge in [0.25, 0.3) is 5.91 Å². The summed E-state index contributed by atoms with van der Waals surface area (Å²) in [6.45, 7) is 2.46. The van der Waals surface area contributed by atoms with Crippen molar-refractivity contribution in [3.8, 4) is 22.3 Å². The van der Waals surface area contributed by atoms with Crippen molar-refractivity contribution >= 4 is 5.91 Å². The molecule has 4 aromatic rings. The number of hydrogen-bond donors (Lipinski definition) is 1. The van der Waals surface area contributed by atoms with E-state index in [9.17, 15) is 13.6 Å². The van der Waals surface area contributed by atoms with Gasteiger partial charge in [-0.2, -0.15) is 0 Å². The van der Waals surface area contributed by atoms with Gasteiger partial charge in [-0.05, 0) is 89.7 Å². The summed E-state index contributed by atoms with van der Waals surface area (Å²) in [5, 5.41) is 3.13. The van der Waals surface area contributed by atoms with Gasteiger partial charge in [-0.1, -0.05) is 54.6 Å². The van der Waals surface area contributed by atoms with Crippen molar-refractivity contribution < 1.29 is 13.6 Å². The second-order valence-corrected chi connectivity index (χ2v) is 9.27. The second kappa shape index (κ2) is 10.8. The fourth-order valence-electron chi connectivity index (χ4n) is 4.84. The molecule has 1 atom stereocenters. The number of likely N-dealkylation sites (tertiary alicyclic amines) is 1. The number of rotatable bonds is 7. The van der Waals surface area contributed by atoms with E-state index >= 15 is 0 Å². The van der Waals surface area contributed by atoms with Crippen molar-refractivity contribution in [2.24, 2.45) is 0 Å². The Balaban J connectivity index is 1.36. The summed E-state index contributed by atoms with van der Waals surface area (Å²) in [5.74, 6) is -0.792. The molecule has 0 aromatic heterocycles. The van der Waals surface area contributed by atoms with Crippen LogP contribution in [0, 0.1) is 11.6 Å². The molecule has 0 saturated carbocycles. The van der Waals surface area contributed by atoms with E-state index in [1.54, 1.807) is 24.3 Å². The lowest BCUT2D eigenvalue weighted by atomic mass is 9.95. The van der Waals surface area contributed by atoms with Gasteiger partial charge in [0.15, 0.2) is 0 Å². The van der Waals surface area contributed by atoms with Crippen molar-refractivity contribution in [2.75, 3.05) is 13.1 Å². The molecule has 1 amide bonds. The normalized spacial score (nSPS) is 15.7. The molecule has 0 unspecified atom stereocenters. The highest BCUT2D eigenvalue weighted by Crippen LogP contribution is 2.29. The van der Waals surface area contributed by atoms with Gasteiger partial charge in [-0.25, -0.2) is 8.78 Å². The Bertz CT molecular complexity index is 1260. The Morgan fingerprint density at radius 1 is 0.778 bits per heavy atom. The van der Waals surface area contributed by atoms with E-state index in [0.717, 1.165) is 48.2 Å². The minimum Gasteiger partial charge on any atom is -0.350 e. The number of hydrogen-bond acceptors (Lipinski definition) is 2. The predicted molar refractivity (Wildman–Crippen MR) is 139 cm³/mol. The average Bonchev–Trinajstić information content (AvgIpc) is 3.35. The fourth-order valence-corrected chi connectivity index (χ4v) is 4.84. The Labute approximate surface area is 210 Å². The van der Waals surface area contributed by atoms with Gasteiger partial charge in [-0.3, -0.25) is 9.69 Å². The van der Waals surface area contributed by atoms with Crippen LogP contribution in [0.4, 0.5) is 8.78 Å². The second-order valence-electron chi connectivity index (χ2n) is 9.27. The van der Waals surface area contributed by atoms with Gasteiger partial charge >= 0.3 is 0 Å². The zero-order chi connectivity index (χ0) is 24.9. The number of nitrogens with one attached hydrogen (secondary N) is 1. The summed E-state index contributed by atoms with van der Waals surface area (Å²) >= 11 is 0. The Hall–Kier alpha value is -3.83. The molecule has 4 aromatic carbocycles. The highest BCUT2D eigenvalue weighted by atomic mass is 19.1. The minimum atomic E-state index is -0.317. The zero-order valence-corrected chi connectivity index (χ0v) is 20.0. The number of carbonyl (C=O) groups is 1. The van der Waals surface area contributed by atoms with Crippen LogP contribution in [0.15, 0.2) is 97.1 Å². The van der Waals surface area contributed by atoms with Crippen molar-refractivity contribution in [3.05, 3.63) is 120 Å². The zero-order valence-electron chi connectivity index (χ0n) is 20.0. The monoisotopic (exact) mass is 482 g/mol. The molecule has 3 nitrogen and oxygen atoms in total. The van der Waals surface area contributed by atoms with Crippen LogP contribution in [0.3, 0.4) is 0 Å². The first kappa shape index (κ1) is 23.9. The standard InChI is InChI=1S/C31H28F2N2O/c32-28-12-8-23(9-13-28)25-17-26(24-10-14-29(33)15-11-24)19-27(18-25)31(36)34-20-30-7-4-16-35(30)21-22-5-2-1-3-6-22/h1-3,5-6,8-15,17-19,30H,4,7,16,20-21H2,(H,34,36)/t30-/m0/s1. The lowest BCUT2D eigenvalue weighted by Gasteiger charge is -2.25. The molecule has 0 spiro atoms. The summed E-state index contributed by atoms with van der Waals surface area (Å²) in [5.41, 5.74) is 5.00. The van der Waals surface area contributed by atoms with Crippen LogP contribution in [-0.2, 0) is 6.54 Å². The average molecular weight is 483 g/mol. The lowest BCUT2D eigenvalue weighted by Crippen LogP contribution is -2.39. The summed E-state index contributed by atoms with van der Waals surface area (Å²) in [6, 6.07) is 28.7. The molecule has 1 heterocycles. The Morgan fingerprint density at radius 2 is 1.36 bits per heavy atom. The maximum absolute atomic E-state index is 13.5. The summed E-state index contributed by atoms with van der Waals surface area (Å²) in [6.07, 6.45) is 2.16. The quantitative estimate of drug-likeness (QED) is 0.318. The number of carbonyl (C=O) groups excluding carboxylic acids is 1. The molecule has 0 bridgehead atoms. The molecule has 0 aliphatic carbocycles. The van der Waals surface area contributed by atoms with Gasteiger partial charge in [-0.15, -0.1) is 0 Å². The van der Waals surface area contributed by atoms with E-state index in [4.69, 9.17) is 0 Å². The molecule has 1 aliphatic rings. The lowest BCUT2D eigenvalue weighted by molar-refractivity contribution is 0.0940. The number of halogens is 2. The topological polar surface area (TPSA) is 32.3 Å². The third kappa shape index (κ3) is 5.69. The molecular formula is C31H28F2N2O. The van der Waals surface area contributed by atoms with E-state index < -0.39 is 0 Å². The third-order valence-electron chi connectivity index (χ3n) is 6.78. The van der Waals surface area contributed by atoms with E-state index in [-0.39, 0.29) is 23.6 Å². The van der Waals surface area contributed by atoms with Crippen LogP contribution in [0.2, 0.25) is 0 Å². The van der Waals surface area contributed by atoms with Crippen molar-refractivity contribution in [2.45, 2.75) is 25.4 Å². The van der Waals surface area contributed by atoms with Gasteiger partial charge in [0.1, 0.15) is 11.6 Å². The molecule has 0 radical (unpaired) electrons. The number of amides is 1. The van der Waals surface area contributed by atoms with Gasteiger partial charge < -0.3 is 5.32 Å². The smallest absolute Gasteiger partial charge is 0.251 e. The van der Waals surface area contributed by atoms with E-state index in [1.165, 1.54) is 29.8 Å². The molecule has 5 rings (SSSR count). The highest BCUT2D eigenvalue weighted by molar-refractivity contribution is 5.97. The predicted octanol–water partition coefficient (Wildman–Crippen LogP) is 6.69. The third-order valence-corrected chi connectivity index (χ3v) is 6.78. The summed E-state index contributed by atoms with van der Waals surface area (Å²) in [7, 11) is 0. The van der Waals surface area contributed by atoms with Crippen LogP contribution < -0.4 is 5.32 Å². The molecular weight excluding hydrogens is 454 g/mol. The van der Waals surface area contributed by atoms with Crippen molar-refractivity contribution in [3.63, 3.8) is 0 Å². The molecule has 1 fully saturated rings. The first-order valence-electron chi connectivity index (χ1n) is 12.3. The van der Waals surface area contributed by atoms with E-state index in [0.29, 0.717) is 12.1 Å². The molecule has 182 valence electrons. The van der Waals surface area contributed by atoms with Gasteiger partial charge in [0, 0.05) is 24.7 Å². The largest absolute Gasteiger partial charge is 0.350 e. The molecule has 1 N–H and O–H groups in total. The maximum Gasteiger partial charge on any atom is 0.251 e. The van der Waals surface area contributed by atoms with Crippen LogP contribution >= 0.6 is 0 Å². The van der Waals surface area contributed by atoms with Crippen LogP contribution in [0.25, 0.3) is 22.3 Å². The van der Waals surface area contributed by atoms with Crippen molar-refractivity contribution in [1.29, 1.82) is 0 Å². The first-order chi connectivity index (χ1) is 17.5. The van der Waals surface area contributed by atoms with E-state index in [1.807, 2.05) is 24.3 Å². The minimum absolute atomic E-state index is 0.158. The van der Waals surface area contributed by atoms with Crippen molar-refractivity contribution in [1.82, 2.24) is 10.2 Å². The summed E-state index contributed by atoms with van der Waals surface area (Å²) in [4.78, 5) is 15.7. The Kier molecular flexibility index (Phi) is 7.19.